The molecule has 1 aromatic carbocycles. The quantitative estimate of drug-likeness (QED) is 0.675. The first kappa shape index (κ1) is 13.0. The Morgan fingerprint density at radius 3 is 2.35 bits per heavy atom. The van der Waals surface area contributed by atoms with E-state index < -0.39 is 0 Å². The summed E-state index contributed by atoms with van der Waals surface area (Å²) < 4.78 is 0. The van der Waals surface area contributed by atoms with Crippen molar-refractivity contribution < 1.29 is 0 Å². The smallest absolute Gasteiger partial charge is 0.0440 e. The average molecular weight is 251 g/mol. The molecule has 0 fully saturated rings. The Bertz CT molecular complexity index is 396. The fourth-order valence-electron chi connectivity index (χ4n) is 3.81. The summed E-state index contributed by atoms with van der Waals surface area (Å²) in [5, 5.41) is 0.966. The van der Waals surface area contributed by atoms with Crippen molar-refractivity contribution in [3.05, 3.63) is 34.3 Å². The highest BCUT2D eigenvalue weighted by Gasteiger charge is 2.42. The molecular formula is C16H23Cl. The van der Waals surface area contributed by atoms with Crippen molar-refractivity contribution in [3.8, 4) is 0 Å². The molecular weight excluding hydrogens is 228 g/mol. The van der Waals surface area contributed by atoms with Crippen molar-refractivity contribution in [3.63, 3.8) is 0 Å². The Kier molecular flexibility index (Phi) is 3.54. The van der Waals surface area contributed by atoms with Crippen LogP contribution in [0.25, 0.3) is 0 Å². The van der Waals surface area contributed by atoms with Gasteiger partial charge >= 0.3 is 0 Å². The van der Waals surface area contributed by atoms with E-state index >= 15 is 0 Å². The van der Waals surface area contributed by atoms with Crippen LogP contribution in [0.5, 0.6) is 0 Å². The minimum absolute atomic E-state index is 0.318. The summed E-state index contributed by atoms with van der Waals surface area (Å²) in [5.41, 5.74) is 3.24. The molecule has 1 aliphatic rings. The molecule has 94 valence electrons. The maximum absolute atomic E-state index is 6.38. The van der Waals surface area contributed by atoms with Crippen molar-refractivity contribution in [2.24, 2.45) is 11.8 Å². The molecule has 0 bridgehead atoms. The second-order valence-corrected chi connectivity index (χ2v) is 6.38. The zero-order valence-electron chi connectivity index (χ0n) is 11.4. The number of benzene rings is 1. The lowest BCUT2D eigenvalue weighted by atomic mass is 9.58. The second kappa shape index (κ2) is 4.65. The third-order valence-corrected chi connectivity index (χ3v) is 5.05. The lowest BCUT2D eigenvalue weighted by molar-refractivity contribution is 0.186. The molecule has 0 spiro atoms. The molecule has 0 aromatic heterocycles. The molecule has 0 amide bonds. The van der Waals surface area contributed by atoms with Gasteiger partial charge in [0.05, 0.1) is 0 Å². The van der Waals surface area contributed by atoms with Crippen LogP contribution < -0.4 is 0 Å². The van der Waals surface area contributed by atoms with E-state index in [1.165, 1.54) is 24.0 Å². The van der Waals surface area contributed by atoms with Crippen LogP contribution in [0, 0.1) is 11.8 Å². The Labute approximate surface area is 110 Å². The predicted octanol–water partition coefficient (Wildman–Crippen LogP) is 5.23. The SMILES string of the molecule is CC(C)C1(C(C)C)CCCc2c(Cl)cccc21. The Balaban J connectivity index is 2.63. The summed E-state index contributed by atoms with van der Waals surface area (Å²) in [6, 6.07) is 6.46. The van der Waals surface area contributed by atoms with Gasteiger partial charge in [0.15, 0.2) is 0 Å². The minimum atomic E-state index is 0.318. The van der Waals surface area contributed by atoms with Crippen molar-refractivity contribution in [2.75, 3.05) is 0 Å². The summed E-state index contributed by atoms with van der Waals surface area (Å²) in [6.45, 7) is 9.43. The summed E-state index contributed by atoms with van der Waals surface area (Å²) in [4.78, 5) is 0. The van der Waals surface area contributed by atoms with Crippen LogP contribution in [0.15, 0.2) is 18.2 Å². The van der Waals surface area contributed by atoms with Crippen LogP contribution in [0.2, 0.25) is 5.02 Å². The van der Waals surface area contributed by atoms with Gasteiger partial charge in [0.1, 0.15) is 0 Å². The maximum atomic E-state index is 6.38. The molecule has 17 heavy (non-hydrogen) atoms. The molecule has 1 aliphatic carbocycles. The van der Waals surface area contributed by atoms with Gasteiger partial charge in [-0.3, -0.25) is 0 Å². The van der Waals surface area contributed by atoms with Crippen molar-refractivity contribution in [1.29, 1.82) is 0 Å². The highest BCUT2D eigenvalue weighted by Crippen LogP contribution is 2.49. The van der Waals surface area contributed by atoms with E-state index in [0.717, 1.165) is 11.4 Å². The number of hydrogen-bond donors (Lipinski definition) is 0. The summed E-state index contributed by atoms with van der Waals surface area (Å²) in [5.74, 6) is 1.33. The number of fused-ring (bicyclic) bond motifs is 1. The van der Waals surface area contributed by atoms with Gasteiger partial charge in [0.25, 0.3) is 0 Å². The van der Waals surface area contributed by atoms with Crippen LogP contribution in [-0.4, -0.2) is 0 Å². The summed E-state index contributed by atoms with van der Waals surface area (Å²) >= 11 is 6.38. The molecule has 0 unspecified atom stereocenters. The largest absolute Gasteiger partial charge is 0.0840 e. The predicted molar refractivity (Wildman–Crippen MR) is 75.7 cm³/mol. The number of rotatable bonds is 2. The molecule has 0 saturated heterocycles. The van der Waals surface area contributed by atoms with Crippen LogP contribution in [0.1, 0.15) is 51.7 Å². The molecule has 1 heteroatoms. The molecule has 1 aromatic rings. The first-order chi connectivity index (χ1) is 8.00. The first-order valence-corrected chi connectivity index (χ1v) is 7.15. The summed E-state index contributed by atoms with van der Waals surface area (Å²) in [6.07, 6.45) is 3.72. The minimum Gasteiger partial charge on any atom is -0.0840 e. The lowest BCUT2D eigenvalue weighted by Gasteiger charge is -2.46. The van der Waals surface area contributed by atoms with Gasteiger partial charge < -0.3 is 0 Å². The Morgan fingerprint density at radius 1 is 1.12 bits per heavy atom. The van der Waals surface area contributed by atoms with Gasteiger partial charge in [-0.05, 0) is 48.3 Å². The fourth-order valence-corrected chi connectivity index (χ4v) is 4.08. The van der Waals surface area contributed by atoms with E-state index in [1.54, 1.807) is 0 Å². The highest BCUT2D eigenvalue weighted by atomic mass is 35.5. The zero-order valence-corrected chi connectivity index (χ0v) is 12.1. The van der Waals surface area contributed by atoms with Crippen molar-refractivity contribution in [2.45, 2.75) is 52.4 Å². The molecule has 0 N–H and O–H groups in total. The van der Waals surface area contributed by atoms with Gasteiger partial charge in [0, 0.05) is 10.4 Å². The van der Waals surface area contributed by atoms with E-state index in [9.17, 15) is 0 Å². The average Bonchev–Trinajstić information content (AvgIpc) is 2.28. The van der Waals surface area contributed by atoms with E-state index in [1.807, 2.05) is 6.07 Å². The molecule has 0 aliphatic heterocycles. The zero-order chi connectivity index (χ0) is 12.6. The first-order valence-electron chi connectivity index (χ1n) is 6.78. The van der Waals surface area contributed by atoms with Crippen molar-refractivity contribution >= 4 is 11.6 Å². The highest BCUT2D eigenvalue weighted by molar-refractivity contribution is 6.31. The van der Waals surface area contributed by atoms with Gasteiger partial charge in [-0.25, -0.2) is 0 Å². The molecule has 0 radical (unpaired) electrons. The topological polar surface area (TPSA) is 0 Å². The molecule has 0 atom stereocenters. The van der Waals surface area contributed by atoms with Gasteiger partial charge in [-0.1, -0.05) is 51.4 Å². The number of hydrogen-bond acceptors (Lipinski definition) is 0. The molecule has 0 heterocycles. The van der Waals surface area contributed by atoms with Crippen LogP contribution in [0.4, 0.5) is 0 Å². The Morgan fingerprint density at radius 2 is 1.76 bits per heavy atom. The van der Waals surface area contributed by atoms with E-state index in [0.29, 0.717) is 17.3 Å². The monoisotopic (exact) mass is 250 g/mol. The van der Waals surface area contributed by atoms with E-state index in [4.69, 9.17) is 11.6 Å². The lowest BCUT2D eigenvalue weighted by Crippen LogP contribution is -2.41. The third-order valence-electron chi connectivity index (χ3n) is 4.70. The van der Waals surface area contributed by atoms with E-state index in [2.05, 4.69) is 39.8 Å². The summed E-state index contributed by atoms with van der Waals surface area (Å²) in [7, 11) is 0. The Hall–Kier alpha value is -0.490. The standard InChI is InChI=1S/C16H23Cl/c1-11(2)16(12(3)4)10-6-7-13-14(16)8-5-9-15(13)17/h5,8-9,11-12H,6-7,10H2,1-4H3. The maximum Gasteiger partial charge on any atom is 0.0440 e. The van der Waals surface area contributed by atoms with Gasteiger partial charge in [-0.15, -0.1) is 0 Å². The third kappa shape index (κ3) is 1.91. The molecule has 2 rings (SSSR count). The van der Waals surface area contributed by atoms with Gasteiger partial charge in [-0.2, -0.15) is 0 Å². The van der Waals surface area contributed by atoms with E-state index in [-0.39, 0.29) is 0 Å². The van der Waals surface area contributed by atoms with Crippen molar-refractivity contribution in [1.82, 2.24) is 0 Å². The van der Waals surface area contributed by atoms with Crippen LogP contribution >= 0.6 is 11.6 Å². The van der Waals surface area contributed by atoms with Gasteiger partial charge in [0.2, 0.25) is 0 Å². The van der Waals surface area contributed by atoms with Crippen LogP contribution in [0.3, 0.4) is 0 Å². The molecule has 0 saturated carbocycles. The fraction of sp³-hybridized carbons (Fsp3) is 0.625. The normalized spacial score (nSPS) is 18.5. The second-order valence-electron chi connectivity index (χ2n) is 5.97. The van der Waals surface area contributed by atoms with Crippen LogP contribution in [-0.2, 0) is 11.8 Å². The number of halogens is 1. The molecule has 0 nitrogen and oxygen atoms in total.